The van der Waals surface area contributed by atoms with Crippen molar-refractivity contribution in [1.29, 1.82) is 0 Å². The molecule has 29 heavy (non-hydrogen) atoms. The first-order valence-electron chi connectivity index (χ1n) is 9.44. The maximum absolute atomic E-state index is 12.5. The van der Waals surface area contributed by atoms with Crippen LogP contribution in [0.15, 0.2) is 42.5 Å². The summed E-state index contributed by atoms with van der Waals surface area (Å²) in [4.78, 5) is 31.9. The predicted octanol–water partition coefficient (Wildman–Crippen LogP) is 3.67. The van der Waals surface area contributed by atoms with E-state index in [0.29, 0.717) is 22.9 Å². The van der Waals surface area contributed by atoms with Gasteiger partial charge in [0.15, 0.2) is 23.9 Å². The van der Waals surface area contributed by atoms with E-state index in [1.54, 1.807) is 18.2 Å². The molecule has 152 valence electrons. The molecule has 0 spiro atoms. The van der Waals surface area contributed by atoms with Crippen molar-refractivity contribution in [3.63, 3.8) is 0 Å². The van der Waals surface area contributed by atoms with E-state index >= 15 is 0 Å². The summed E-state index contributed by atoms with van der Waals surface area (Å²) < 4.78 is 10.9. The molecule has 0 radical (unpaired) electrons. The first-order valence-corrected chi connectivity index (χ1v) is 9.44. The maximum atomic E-state index is 12.5. The summed E-state index contributed by atoms with van der Waals surface area (Å²) in [6.07, 6.45) is 0. The maximum Gasteiger partial charge on any atom is 0.258 e. The molecule has 1 unspecified atom stereocenters. The second-order valence-corrected chi connectivity index (χ2v) is 7.14. The van der Waals surface area contributed by atoms with Crippen LogP contribution < -0.4 is 14.8 Å². The molecule has 0 fully saturated rings. The van der Waals surface area contributed by atoms with Gasteiger partial charge in [0, 0.05) is 5.56 Å². The van der Waals surface area contributed by atoms with Gasteiger partial charge in [0.2, 0.25) is 0 Å². The molecule has 0 aliphatic heterocycles. The number of ether oxygens (including phenoxy) is 2. The van der Waals surface area contributed by atoms with Crippen LogP contribution in [-0.2, 0) is 4.79 Å². The number of aromatic amines is 1. The van der Waals surface area contributed by atoms with Gasteiger partial charge in [-0.15, -0.1) is 0 Å². The summed E-state index contributed by atoms with van der Waals surface area (Å²) in [5, 5.41) is 2.98. The number of ketones is 1. The lowest BCUT2D eigenvalue weighted by atomic mass is 10.0. The fraction of sp³-hybridized carbons (Fsp3) is 0.318. The van der Waals surface area contributed by atoms with Crippen LogP contribution in [0.1, 0.15) is 43.0 Å². The lowest BCUT2D eigenvalue weighted by Gasteiger charge is -2.20. The predicted molar refractivity (Wildman–Crippen MR) is 110 cm³/mol. The van der Waals surface area contributed by atoms with Crippen molar-refractivity contribution >= 4 is 22.7 Å². The molecule has 1 atom stereocenters. The van der Waals surface area contributed by atoms with Crippen molar-refractivity contribution in [1.82, 2.24) is 15.3 Å². The lowest BCUT2D eigenvalue weighted by Crippen LogP contribution is -2.35. The van der Waals surface area contributed by atoms with Crippen LogP contribution in [0.4, 0.5) is 0 Å². The van der Waals surface area contributed by atoms with Crippen LogP contribution in [0.25, 0.3) is 11.0 Å². The Morgan fingerprint density at radius 3 is 2.55 bits per heavy atom. The zero-order valence-corrected chi connectivity index (χ0v) is 17.0. The van der Waals surface area contributed by atoms with Crippen molar-refractivity contribution in [3.05, 3.63) is 53.9 Å². The van der Waals surface area contributed by atoms with E-state index in [-0.39, 0.29) is 30.3 Å². The van der Waals surface area contributed by atoms with Gasteiger partial charge in [-0.3, -0.25) is 9.59 Å². The van der Waals surface area contributed by atoms with Gasteiger partial charge in [-0.1, -0.05) is 26.0 Å². The highest BCUT2D eigenvalue weighted by Gasteiger charge is 2.22. The number of nitrogens with zero attached hydrogens (tertiary/aromatic N) is 1. The highest BCUT2D eigenvalue weighted by Crippen LogP contribution is 2.28. The number of imidazole rings is 1. The van der Waals surface area contributed by atoms with Gasteiger partial charge in [-0.2, -0.15) is 0 Å². The quantitative estimate of drug-likeness (QED) is 0.568. The number of H-pyrrole nitrogens is 1. The molecule has 0 aliphatic carbocycles. The van der Waals surface area contributed by atoms with Crippen LogP contribution in [0.5, 0.6) is 11.5 Å². The number of fused-ring (bicyclic) bond motifs is 1. The van der Waals surface area contributed by atoms with E-state index in [4.69, 9.17) is 9.47 Å². The van der Waals surface area contributed by atoms with Crippen molar-refractivity contribution in [2.45, 2.75) is 26.8 Å². The number of hydrogen-bond acceptors (Lipinski definition) is 5. The zero-order chi connectivity index (χ0) is 21.0. The van der Waals surface area contributed by atoms with E-state index < -0.39 is 0 Å². The summed E-state index contributed by atoms with van der Waals surface area (Å²) in [6.45, 7) is 5.33. The Bertz CT molecular complexity index is 993. The molecular weight excluding hydrogens is 370 g/mol. The zero-order valence-electron chi connectivity index (χ0n) is 17.0. The molecule has 1 amide bonds. The molecule has 0 saturated heterocycles. The number of amides is 1. The van der Waals surface area contributed by atoms with Crippen LogP contribution in [0.3, 0.4) is 0 Å². The number of hydrogen-bond donors (Lipinski definition) is 2. The highest BCUT2D eigenvalue weighted by atomic mass is 16.5. The minimum absolute atomic E-state index is 0.0711. The molecule has 7 heteroatoms. The standard InChI is InChI=1S/C22H25N3O4/c1-13(2)21(22-23-16-7-5-6-8-17(16)24-22)25-20(27)12-29-18-10-9-15(14(3)26)11-19(18)28-4/h5-11,13,21H,12H2,1-4H3,(H,23,24)(H,25,27). The number of benzene rings is 2. The van der Waals surface area contributed by atoms with Gasteiger partial charge >= 0.3 is 0 Å². The Morgan fingerprint density at radius 1 is 1.14 bits per heavy atom. The van der Waals surface area contributed by atoms with Gasteiger partial charge in [-0.25, -0.2) is 4.98 Å². The number of para-hydroxylation sites is 2. The fourth-order valence-corrected chi connectivity index (χ4v) is 3.03. The Morgan fingerprint density at radius 2 is 1.90 bits per heavy atom. The summed E-state index contributed by atoms with van der Waals surface area (Å²) in [5.41, 5.74) is 2.30. The highest BCUT2D eigenvalue weighted by molar-refractivity contribution is 5.94. The first kappa shape index (κ1) is 20.4. The molecule has 3 aromatic rings. The number of aromatic nitrogens is 2. The van der Waals surface area contributed by atoms with Gasteiger partial charge < -0.3 is 19.8 Å². The molecule has 3 rings (SSSR count). The van der Waals surface area contributed by atoms with Gasteiger partial charge in [0.1, 0.15) is 5.82 Å². The Labute approximate surface area is 169 Å². The minimum atomic E-state index is -0.277. The monoisotopic (exact) mass is 395 g/mol. The molecule has 2 aromatic carbocycles. The van der Waals surface area contributed by atoms with E-state index in [1.165, 1.54) is 14.0 Å². The number of carbonyl (C=O) groups is 2. The van der Waals surface area contributed by atoms with E-state index in [1.807, 2.05) is 38.1 Å². The Kier molecular flexibility index (Phi) is 6.16. The topological polar surface area (TPSA) is 93.3 Å². The third kappa shape index (κ3) is 4.74. The molecule has 0 saturated carbocycles. The Hall–Kier alpha value is -3.35. The Balaban J connectivity index is 1.69. The molecule has 7 nitrogen and oxygen atoms in total. The van der Waals surface area contributed by atoms with Crippen LogP contribution in [0, 0.1) is 5.92 Å². The molecule has 0 aliphatic rings. The normalized spacial score (nSPS) is 12.0. The smallest absolute Gasteiger partial charge is 0.258 e. The van der Waals surface area contributed by atoms with Crippen molar-refractivity contribution in [3.8, 4) is 11.5 Å². The second-order valence-electron chi connectivity index (χ2n) is 7.14. The van der Waals surface area contributed by atoms with Crippen molar-refractivity contribution in [2.75, 3.05) is 13.7 Å². The van der Waals surface area contributed by atoms with E-state index in [9.17, 15) is 9.59 Å². The fourth-order valence-electron chi connectivity index (χ4n) is 3.03. The van der Waals surface area contributed by atoms with E-state index in [0.717, 1.165) is 11.0 Å². The molecule has 1 aromatic heterocycles. The second kappa shape index (κ2) is 8.77. The average Bonchev–Trinajstić information content (AvgIpc) is 3.13. The van der Waals surface area contributed by atoms with Gasteiger partial charge in [-0.05, 0) is 43.2 Å². The lowest BCUT2D eigenvalue weighted by molar-refractivity contribution is -0.124. The number of methoxy groups -OCH3 is 1. The number of Topliss-reactive ketones (excluding diaryl/α,β-unsaturated/α-hetero) is 1. The van der Waals surface area contributed by atoms with Crippen LogP contribution in [-0.4, -0.2) is 35.4 Å². The van der Waals surface area contributed by atoms with Crippen molar-refractivity contribution < 1.29 is 19.1 Å². The first-order chi connectivity index (χ1) is 13.9. The molecular formula is C22H25N3O4. The summed E-state index contributed by atoms with van der Waals surface area (Å²) in [5.74, 6) is 1.29. The summed E-state index contributed by atoms with van der Waals surface area (Å²) in [7, 11) is 1.49. The summed E-state index contributed by atoms with van der Waals surface area (Å²) in [6, 6.07) is 12.3. The molecule has 1 heterocycles. The largest absolute Gasteiger partial charge is 0.493 e. The third-order valence-corrected chi connectivity index (χ3v) is 4.61. The number of nitrogens with one attached hydrogen (secondary N) is 2. The minimum Gasteiger partial charge on any atom is -0.493 e. The third-order valence-electron chi connectivity index (χ3n) is 4.61. The van der Waals surface area contributed by atoms with Crippen molar-refractivity contribution in [2.24, 2.45) is 5.92 Å². The average molecular weight is 395 g/mol. The number of rotatable bonds is 8. The SMILES string of the molecule is COc1cc(C(C)=O)ccc1OCC(=O)NC(c1nc2ccccc2[nH]1)C(C)C. The molecule has 0 bridgehead atoms. The van der Waals surface area contributed by atoms with E-state index in [2.05, 4.69) is 15.3 Å². The summed E-state index contributed by atoms with van der Waals surface area (Å²) >= 11 is 0. The molecule has 2 N–H and O–H groups in total. The van der Waals surface area contributed by atoms with Crippen LogP contribution in [0.2, 0.25) is 0 Å². The van der Waals surface area contributed by atoms with Gasteiger partial charge in [0.05, 0.1) is 24.2 Å². The van der Waals surface area contributed by atoms with Gasteiger partial charge in [0.25, 0.3) is 5.91 Å². The number of carbonyl (C=O) groups excluding carboxylic acids is 2. The van der Waals surface area contributed by atoms with Crippen LogP contribution >= 0.6 is 0 Å².